The SMILES string of the molecule is CC(C)c1ccc(CC(=O)c2nccn(Cc3ccccc3)c2=O)cc1F. The van der Waals surface area contributed by atoms with Crippen LogP contribution in [0, 0.1) is 5.82 Å². The topological polar surface area (TPSA) is 52.0 Å². The molecule has 0 N–H and O–H groups in total. The highest BCUT2D eigenvalue weighted by Gasteiger charge is 2.16. The van der Waals surface area contributed by atoms with Crippen molar-refractivity contribution in [2.45, 2.75) is 32.7 Å². The highest BCUT2D eigenvalue weighted by Crippen LogP contribution is 2.20. The van der Waals surface area contributed by atoms with Crippen molar-refractivity contribution in [2.24, 2.45) is 0 Å². The lowest BCUT2D eigenvalue weighted by Crippen LogP contribution is -2.28. The molecule has 2 aromatic carbocycles. The number of hydrogen-bond donors (Lipinski definition) is 0. The van der Waals surface area contributed by atoms with Gasteiger partial charge in [-0.3, -0.25) is 9.59 Å². The minimum absolute atomic E-state index is 0.0626. The molecule has 0 bridgehead atoms. The Morgan fingerprint density at radius 1 is 1.11 bits per heavy atom. The van der Waals surface area contributed by atoms with Crippen LogP contribution in [0.2, 0.25) is 0 Å². The van der Waals surface area contributed by atoms with Crippen LogP contribution >= 0.6 is 0 Å². The van der Waals surface area contributed by atoms with Crippen LogP contribution in [0.5, 0.6) is 0 Å². The third-order valence-electron chi connectivity index (χ3n) is 4.43. The first-order valence-corrected chi connectivity index (χ1v) is 8.86. The van der Waals surface area contributed by atoms with Gasteiger partial charge in [0.2, 0.25) is 0 Å². The molecule has 0 aliphatic carbocycles. The van der Waals surface area contributed by atoms with Gasteiger partial charge in [0.1, 0.15) is 5.82 Å². The van der Waals surface area contributed by atoms with Crippen molar-refractivity contribution in [1.82, 2.24) is 9.55 Å². The van der Waals surface area contributed by atoms with E-state index in [9.17, 15) is 14.0 Å². The number of rotatable bonds is 6. The second-order valence-corrected chi connectivity index (χ2v) is 6.81. The summed E-state index contributed by atoms with van der Waals surface area (Å²) in [6, 6.07) is 14.3. The Morgan fingerprint density at radius 3 is 2.52 bits per heavy atom. The van der Waals surface area contributed by atoms with Gasteiger partial charge in [0, 0.05) is 18.8 Å². The number of carbonyl (C=O) groups excluding carboxylic acids is 1. The number of ketones is 1. The Morgan fingerprint density at radius 2 is 1.85 bits per heavy atom. The largest absolute Gasteiger partial charge is 0.308 e. The van der Waals surface area contributed by atoms with Gasteiger partial charge >= 0.3 is 0 Å². The molecule has 0 saturated heterocycles. The standard InChI is InChI=1S/C22H21FN2O2/c1-15(2)18-9-8-17(12-19(18)23)13-20(26)21-22(27)25(11-10-24-21)14-16-6-4-3-5-7-16/h3-12,15H,13-14H2,1-2H3. The van der Waals surface area contributed by atoms with Crippen LogP contribution in [-0.2, 0) is 13.0 Å². The van der Waals surface area contributed by atoms with Gasteiger partial charge in [0.15, 0.2) is 11.5 Å². The van der Waals surface area contributed by atoms with Gasteiger partial charge in [-0.2, -0.15) is 0 Å². The number of hydrogen-bond acceptors (Lipinski definition) is 3. The zero-order valence-electron chi connectivity index (χ0n) is 15.4. The molecule has 0 atom stereocenters. The molecular formula is C22H21FN2O2. The van der Waals surface area contributed by atoms with Crippen molar-refractivity contribution in [3.63, 3.8) is 0 Å². The van der Waals surface area contributed by atoms with Crippen LogP contribution in [-0.4, -0.2) is 15.3 Å². The van der Waals surface area contributed by atoms with Gasteiger partial charge in [-0.15, -0.1) is 0 Å². The predicted molar refractivity (Wildman–Crippen MR) is 103 cm³/mol. The summed E-state index contributed by atoms with van der Waals surface area (Å²) in [6.07, 6.45) is 2.94. The molecule has 0 aliphatic heterocycles. The Balaban J connectivity index is 1.82. The van der Waals surface area contributed by atoms with Crippen molar-refractivity contribution in [1.29, 1.82) is 0 Å². The van der Waals surface area contributed by atoms with Crippen LogP contribution in [0.15, 0.2) is 65.7 Å². The summed E-state index contributed by atoms with van der Waals surface area (Å²) in [5.74, 6) is -0.687. The molecule has 0 saturated carbocycles. The van der Waals surface area contributed by atoms with E-state index in [-0.39, 0.29) is 23.8 Å². The molecule has 0 fully saturated rings. The molecule has 3 rings (SSSR count). The van der Waals surface area contributed by atoms with Crippen molar-refractivity contribution >= 4 is 5.78 Å². The predicted octanol–water partition coefficient (Wildman–Crippen LogP) is 3.98. The molecule has 0 radical (unpaired) electrons. The normalized spacial score (nSPS) is 11.0. The van der Waals surface area contributed by atoms with Gasteiger partial charge in [0.05, 0.1) is 6.54 Å². The second kappa shape index (κ2) is 8.08. The number of aromatic nitrogens is 2. The number of Topliss-reactive ketones (excluding diaryl/α,β-unsaturated/α-hetero) is 1. The quantitative estimate of drug-likeness (QED) is 0.622. The summed E-state index contributed by atoms with van der Waals surface area (Å²) >= 11 is 0. The van der Waals surface area contributed by atoms with E-state index in [0.29, 0.717) is 17.7 Å². The van der Waals surface area contributed by atoms with E-state index in [2.05, 4.69) is 4.98 Å². The number of carbonyl (C=O) groups is 1. The molecular weight excluding hydrogens is 343 g/mol. The third kappa shape index (κ3) is 4.37. The van der Waals surface area contributed by atoms with Gasteiger partial charge in [0.25, 0.3) is 5.56 Å². The summed E-state index contributed by atoms with van der Waals surface area (Å²) in [5, 5.41) is 0. The van der Waals surface area contributed by atoms with Crippen molar-refractivity contribution in [3.8, 4) is 0 Å². The molecule has 0 unspecified atom stereocenters. The lowest BCUT2D eigenvalue weighted by molar-refractivity contribution is 0.0986. The molecule has 5 heteroatoms. The fourth-order valence-corrected chi connectivity index (χ4v) is 2.96. The van der Waals surface area contributed by atoms with E-state index in [1.165, 1.54) is 16.8 Å². The molecule has 4 nitrogen and oxygen atoms in total. The Hall–Kier alpha value is -3.08. The monoisotopic (exact) mass is 364 g/mol. The first-order valence-electron chi connectivity index (χ1n) is 8.86. The van der Waals surface area contributed by atoms with Crippen molar-refractivity contribution < 1.29 is 9.18 Å². The molecule has 27 heavy (non-hydrogen) atoms. The van der Waals surface area contributed by atoms with E-state index in [1.807, 2.05) is 44.2 Å². The van der Waals surface area contributed by atoms with E-state index >= 15 is 0 Å². The fourth-order valence-electron chi connectivity index (χ4n) is 2.96. The second-order valence-electron chi connectivity index (χ2n) is 6.81. The number of halogens is 1. The third-order valence-corrected chi connectivity index (χ3v) is 4.43. The van der Waals surface area contributed by atoms with Crippen LogP contribution in [0.3, 0.4) is 0 Å². The van der Waals surface area contributed by atoms with Gasteiger partial charge in [-0.25, -0.2) is 9.37 Å². The smallest absolute Gasteiger partial charge is 0.280 e. The molecule has 3 aromatic rings. The van der Waals surface area contributed by atoms with Crippen LogP contribution in [0.25, 0.3) is 0 Å². The van der Waals surface area contributed by atoms with Crippen molar-refractivity contribution in [2.75, 3.05) is 0 Å². The molecule has 1 heterocycles. The number of benzene rings is 2. The lowest BCUT2D eigenvalue weighted by atomic mass is 9.99. The van der Waals surface area contributed by atoms with Gasteiger partial charge in [-0.05, 0) is 28.7 Å². The maximum atomic E-state index is 14.1. The van der Waals surface area contributed by atoms with Gasteiger partial charge < -0.3 is 4.57 Å². The van der Waals surface area contributed by atoms with Crippen LogP contribution < -0.4 is 5.56 Å². The lowest BCUT2D eigenvalue weighted by Gasteiger charge is -2.09. The van der Waals surface area contributed by atoms with Crippen LogP contribution in [0.1, 0.15) is 46.9 Å². The number of nitrogens with zero attached hydrogens (tertiary/aromatic N) is 2. The fraction of sp³-hybridized carbons (Fsp3) is 0.227. The van der Waals surface area contributed by atoms with Crippen molar-refractivity contribution in [3.05, 3.63) is 99.5 Å². The summed E-state index contributed by atoms with van der Waals surface area (Å²) in [4.78, 5) is 29.2. The molecule has 0 spiro atoms. The minimum atomic E-state index is -0.439. The summed E-state index contributed by atoms with van der Waals surface area (Å²) in [5.41, 5.74) is 1.53. The molecule has 1 aromatic heterocycles. The highest BCUT2D eigenvalue weighted by atomic mass is 19.1. The van der Waals surface area contributed by atoms with E-state index in [1.54, 1.807) is 18.3 Å². The van der Waals surface area contributed by atoms with E-state index < -0.39 is 11.3 Å². The van der Waals surface area contributed by atoms with Crippen LogP contribution in [0.4, 0.5) is 4.39 Å². The maximum Gasteiger partial charge on any atom is 0.280 e. The van der Waals surface area contributed by atoms with Gasteiger partial charge in [-0.1, -0.05) is 56.3 Å². The Bertz CT molecular complexity index is 1010. The Kier molecular flexibility index (Phi) is 5.60. The average molecular weight is 364 g/mol. The first kappa shape index (κ1) is 18.7. The summed E-state index contributed by atoms with van der Waals surface area (Å²) < 4.78 is 15.6. The zero-order valence-corrected chi connectivity index (χ0v) is 15.4. The first-order chi connectivity index (χ1) is 13.0. The maximum absolute atomic E-state index is 14.1. The average Bonchev–Trinajstić information content (AvgIpc) is 2.64. The molecule has 0 amide bonds. The van der Waals surface area contributed by atoms with E-state index in [4.69, 9.17) is 0 Å². The minimum Gasteiger partial charge on any atom is -0.308 e. The highest BCUT2D eigenvalue weighted by molar-refractivity contribution is 5.95. The Labute approximate surface area is 157 Å². The van der Waals surface area contributed by atoms with E-state index in [0.717, 1.165) is 5.56 Å². The molecule has 0 aliphatic rings. The molecule has 138 valence electrons. The zero-order chi connectivity index (χ0) is 19.4. The summed E-state index contributed by atoms with van der Waals surface area (Å²) in [7, 11) is 0. The summed E-state index contributed by atoms with van der Waals surface area (Å²) in [6.45, 7) is 4.18.